The van der Waals surface area contributed by atoms with E-state index in [0.29, 0.717) is 6.42 Å². The third-order valence-electron chi connectivity index (χ3n) is 9.84. The molecule has 15 nitrogen and oxygen atoms in total. The van der Waals surface area contributed by atoms with Crippen LogP contribution in [0.2, 0.25) is 0 Å². The van der Waals surface area contributed by atoms with Crippen molar-refractivity contribution < 1.29 is 67.2 Å². The number of hydrogen-bond donors (Lipinski definition) is 0. The summed E-state index contributed by atoms with van der Waals surface area (Å²) in [6, 6.07) is 0. The maximum Gasteiger partial charge on any atom is 0.320 e. The van der Waals surface area contributed by atoms with Crippen LogP contribution in [-0.4, -0.2) is 114 Å². The Bertz CT molecular complexity index is 1020. The Kier molecular flexibility index (Phi) is 42.1. The van der Waals surface area contributed by atoms with E-state index in [4.69, 9.17) is 33.5 Å². The lowest BCUT2D eigenvalue weighted by molar-refractivity contribution is -0.272. The summed E-state index contributed by atoms with van der Waals surface area (Å²) in [4.78, 5) is 82.5. The number of ether oxygens (including phenoxy) is 5. The van der Waals surface area contributed by atoms with E-state index in [1.807, 2.05) is 0 Å². The number of carbonyl (C=O) groups is 5. The van der Waals surface area contributed by atoms with Crippen molar-refractivity contribution in [1.29, 1.82) is 0 Å². The van der Waals surface area contributed by atoms with Gasteiger partial charge in [0.2, 0.25) is 0 Å². The molecule has 60 heavy (non-hydrogen) atoms. The van der Waals surface area contributed by atoms with Gasteiger partial charge < -0.3 is 23.7 Å². The van der Waals surface area contributed by atoms with E-state index in [0.717, 1.165) is 44.9 Å². The van der Waals surface area contributed by atoms with Crippen LogP contribution in [0.5, 0.6) is 0 Å². The molecule has 0 aromatic rings. The first kappa shape index (κ1) is 57.1. The van der Waals surface area contributed by atoms with Crippen molar-refractivity contribution in [2.75, 3.05) is 73.5 Å². The molecule has 0 radical (unpaired) electrons. The molecule has 0 aliphatic heterocycles. The van der Waals surface area contributed by atoms with E-state index in [1.54, 1.807) is 4.90 Å². The molecule has 0 N–H and O–H groups in total. The number of nitrogens with zero attached hydrogens (tertiary/aromatic N) is 1. The Morgan fingerprint density at radius 1 is 0.400 bits per heavy atom. The van der Waals surface area contributed by atoms with Crippen LogP contribution in [0.25, 0.3) is 0 Å². The van der Waals surface area contributed by atoms with Gasteiger partial charge in [-0.25, -0.2) is 19.6 Å². The van der Waals surface area contributed by atoms with Crippen molar-refractivity contribution in [1.82, 2.24) is 4.90 Å². The molecule has 352 valence electrons. The van der Waals surface area contributed by atoms with Crippen LogP contribution in [0, 0.1) is 0 Å². The van der Waals surface area contributed by atoms with Gasteiger partial charge in [0.1, 0.15) is 26.4 Å². The lowest BCUT2D eigenvalue weighted by Crippen LogP contribution is -2.38. The van der Waals surface area contributed by atoms with Crippen LogP contribution in [-0.2, 0) is 67.2 Å². The van der Waals surface area contributed by atoms with Crippen molar-refractivity contribution in [2.45, 2.75) is 187 Å². The fourth-order valence-corrected chi connectivity index (χ4v) is 6.31. The van der Waals surface area contributed by atoms with Crippen molar-refractivity contribution >= 4 is 29.8 Å². The average Bonchev–Trinajstić information content (AvgIpc) is 3.23. The van der Waals surface area contributed by atoms with Crippen molar-refractivity contribution in [2.24, 2.45) is 0 Å². The molecule has 0 saturated heterocycles. The molecular weight excluding hydrogens is 778 g/mol. The number of hydrogen-bond acceptors (Lipinski definition) is 15. The lowest BCUT2D eigenvalue weighted by atomic mass is 10.1. The zero-order chi connectivity index (χ0) is 44.2. The highest BCUT2D eigenvalue weighted by Gasteiger charge is 2.21. The molecule has 0 saturated carbocycles. The first-order valence-electron chi connectivity index (χ1n) is 23.1. The summed E-state index contributed by atoms with van der Waals surface area (Å²) >= 11 is 0. The zero-order valence-electron chi connectivity index (χ0n) is 38.0. The minimum atomic E-state index is -0.977. The summed E-state index contributed by atoms with van der Waals surface area (Å²) in [6.45, 7) is 3.86. The highest BCUT2D eigenvalue weighted by Crippen LogP contribution is 2.14. The molecule has 0 aromatic carbocycles. The van der Waals surface area contributed by atoms with Gasteiger partial charge in [-0.3, -0.25) is 28.9 Å². The smallest absolute Gasteiger partial charge is 0.320 e. The van der Waals surface area contributed by atoms with Gasteiger partial charge in [-0.05, 0) is 12.8 Å². The highest BCUT2D eigenvalue weighted by atomic mass is 17.2. The summed E-state index contributed by atoms with van der Waals surface area (Å²) in [5.41, 5.74) is 0. The maximum absolute atomic E-state index is 13.0. The molecule has 0 heterocycles. The second kappa shape index (κ2) is 44.2. The lowest BCUT2D eigenvalue weighted by Gasteiger charge is -2.22. The van der Waals surface area contributed by atoms with Crippen LogP contribution in [0.3, 0.4) is 0 Å². The van der Waals surface area contributed by atoms with Gasteiger partial charge in [-0.2, -0.15) is 0 Å². The summed E-state index contributed by atoms with van der Waals surface area (Å²) in [5.74, 6) is -2.52. The van der Waals surface area contributed by atoms with E-state index < -0.39 is 30.0 Å². The van der Waals surface area contributed by atoms with E-state index in [-0.39, 0.29) is 90.9 Å². The molecule has 0 rings (SSSR count). The predicted molar refractivity (Wildman–Crippen MR) is 227 cm³/mol. The highest BCUT2D eigenvalue weighted by molar-refractivity contribution is 5.72. The largest absolute Gasteiger partial charge is 0.464 e. The minimum Gasteiger partial charge on any atom is -0.464 e. The minimum absolute atomic E-state index is 0.0217. The van der Waals surface area contributed by atoms with Gasteiger partial charge in [0.25, 0.3) is 0 Å². The van der Waals surface area contributed by atoms with Gasteiger partial charge in [-0.1, -0.05) is 142 Å². The molecule has 0 fully saturated rings. The second-order valence-electron chi connectivity index (χ2n) is 15.2. The Balaban J connectivity index is 5.06. The maximum atomic E-state index is 13.0. The van der Waals surface area contributed by atoms with E-state index in [1.165, 1.54) is 104 Å². The fourth-order valence-electron chi connectivity index (χ4n) is 6.31. The number of carbonyl (C=O) groups excluding carboxylic acids is 5. The normalized spacial score (nSPS) is 11.7. The van der Waals surface area contributed by atoms with Gasteiger partial charge in [0, 0.05) is 25.9 Å². The topological polar surface area (TPSA) is 172 Å². The average molecular weight is 862 g/mol. The third kappa shape index (κ3) is 40.6. The third-order valence-corrected chi connectivity index (χ3v) is 9.84. The van der Waals surface area contributed by atoms with Crippen LogP contribution in [0.15, 0.2) is 0 Å². The summed E-state index contributed by atoms with van der Waals surface area (Å²) < 4.78 is 27.1. The van der Waals surface area contributed by atoms with E-state index in [2.05, 4.69) is 23.6 Å². The van der Waals surface area contributed by atoms with Crippen LogP contribution in [0.4, 0.5) is 0 Å². The molecule has 15 heteroatoms. The van der Waals surface area contributed by atoms with Crippen LogP contribution < -0.4 is 0 Å². The molecule has 1 unspecified atom stereocenters. The molecule has 0 aliphatic carbocycles. The number of rotatable bonds is 45. The predicted octanol–water partition coefficient (Wildman–Crippen LogP) is 8.71. The molecule has 0 spiro atoms. The number of unbranched alkanes of at least 4 members (excludes halogenated alkanes) is 20. The Morgan fingerprint density at radius 3 is 1.15 bits per heavy atom. The van der Waals surface area contributed by atoms with Gasteiger partial charge in [0.15, 0.2) is 6.10 Å². The van der Waals surface area contributed by atoms with E-state index in [9.17, 15) is 24.0 Å². The zero-order valence-corrected chi connectivity index (χ0v) is 38.0. The van der Waals surface area contributed by atoms with Crippen LogP contribution in [0.1, 0.15) is 181 Å². The summed E-state index contributed by atoms with van der Waals surface area (Å²) in [7, 11) is 2.66. The molecule has 0 amide bonds. The fraction of sp³-hybridized carbons (Fsp3) is 0.889. The first-order chi connectivity index (χ1) is 29.2. The Hall–Kier alpha value is -2.85. The van der Waals surface area contributed by atoms with Crippen LogP contribution >= 0.6 is 0 Å². The van der Waals surface area contributed by atoms with Gasteiger partial charge in [-0.15, -0.1) is 0 Å². The summed E-state index contributed by atoms with van der Waals surface area (Å²) in [6.07, 6.45) is 25.0. The standard InChI is InChI=1S/C45H83NO14/c1-5-7-9-11-13-15-17-19-21-23-25-27-41(47)56-38-40(60-44(50)28-26-24-22-20-18-16-14-12-10-8-6-2)39-57-45(51)37-46(31-35-54-42(48)29-33-58-52-3)32-36-55-43(49)30-34-59-53-4/h40H,5-39H2,1-4H3. The first-order valence-corrected chi connectivity index (χ1v) is 23.1. The van der Waals surface area contributed by atoms with Gasteiger partial charge >= 0.3 is 29.8 Å². The quantitative estimate of drug-likeness (QED) is 0.0187. The monoisotopic (exact) mass is 862 g/mol. The van der Waals surface area contributed by atoms with Crippen molar-refractivity contribution in [3.8, 4) is 0 Å². The number of esters is 5. The van der Waals surface area contributed by atoms with Crippen molar-refractivity contribution in [3.63, 3.8) is 0 Å². The Labute approximate surface area is 361 Å². The van der Waals surface area contributed by atoms with E-state index >= 15 is 0 Å². The molecule has 0 aromatic heterocycles. The summed E-state index contributed by atoms with van der Waals surface area (Å²) in [5, 5.41) is 0. The molecule has 0 aliphatic rings. The molecule has 1 atom stereocenters. The molecular formula is C45H83NO14. The molecule has 0 bridgehead atoms. The SMILES string of the molecule is CCCCCCCCCCCCCC(=O)OCC(COC(=O)CN(CCOC(=O)CCOOC)CCOC(=O)CCOOC)OC(=O)CCCCCCCCCCCCC. The Morgan fingerprint density at radius 2 is 0.750 bits per heavy atom. The van der Waals surface area contributed by atoms with Crippen molar-refractivity contribution in [3.05, 3.63) is 0 Å². The second-order valence-corrected chi connectivity index (χ2v) is 15.2. The van der Waals surface area contributed by atoms with Gasteiger partial charge in [0.05, 0.1) is 46.8 Å².